The first-order valence-electron chi connectivity index (χ1n) is 3.91. The first kappa shape index (κ1) is 10.8. The van der Waals surface area contributed by atoms with E-state index in [4.69, 9.17) is 11.6 Å². The maximum atomic E-state index is 12.9. The highest BCUT2D eigenvalue weighted by atomic mass is 35.5. The number of carbonyl (C=O) groups is 1. The summed E-state index contributed by atoms with van der Waals surface area (Å²) < 4.78 is 17.5. The van der Waals surface area contributed by atoms with Crippen LogP contribution in [0.2, 0.25) is 5.02 Å². The van der Waals surface area contributed by atoms with Crippen LogP contribution >= 0.6 is 11.6 Å². The van der Waals surface area contributed by atoms with Crippen molar-refractivity contribution in [3.05, 3.63) is 28.5 Å². The van der Waals surface area contributed by atoms with Gasteiger partial charge in [0.2, 0.25) is 0 Å². The molecular weight excluding hydrogens is 211 g/mol. The number of phenols is 1. The summed E-state index contributed by atoms with van der Waals surface area (Å²) in [4.78, 5) is 11.2. The van der Waals surface area contributed by atoms with Crippen molar-refractivity contribution >= 4 is 17.6 Å². The number of esters is 1. The number of phenolic OH excluding ortho intramolecular Hbond substituents is 1. The molecule has 3 nitrogen and oxygen atoms in total. The highest BCUT2D eigenvalue weighted by Gasteiger charge is 2.16. The van der Waals surface area contributed by atoms with Gasteiger partial charge >= 0.3 is 5.97 Å². The zero-order chi connectivity index (χ0) is 10.7. The highest BCUT2D eigenvalue weighted by molar-refractivity contribution is 6.31. The molecule has 1 aromatic carbocycles. The minimum atomic E-state index is -0.944. The maximum absolute atomic E-state index is 12.9. The van der Waals surface area contributed by atoms with Gasteiger partial charge in [-0.15, -0.1) is 0 Å². The molecule has 1 aromatic rings. The van der Waals surface area contributed by atoms with E-state index < -0.39 is 17.5 Å². The number of ether oxygens (including phenoxy) is 1. The highest BCUT2D eigenvalue weighted by Crippen LogP contribution is 2.26. The molecule has 0 aliphatic carbocycles. The van der Waals surface area contributed by atoms with E-state index in [2.05, 4.69) is 4.74 Å². The van der Waals surface area contributed by atoms with Crippen molar-refractivity contribution < 1.29 is 19.0 Å². The lowest BCUT2D eigenvalue weighted by Crippen LogP contribution is -2.05. The molecule has 1 N–H and O–H groups in total. The molecule has 76 valence electrons. The molecule has 0 aliphatic rings. The summed E-state index contributed by atoms with van der Waals surface area (Å²) >= 11 is 5.51. The second-order valence-corrected chi connectivity index (χ2v) is 2.94. The number of hydrogen-bond acceptors (Lipinski definition) is 3. The number of halogens is 2. The zero-order valence-corrected chi connectivity index (χ0v) is 8.14. The van der Waals surface area contributed by atoms with Crippen molar-refractivity contribution in [2.45, 2.75) is 6.92 Å². The standard InChI is InChI=1S/C9H8ClFO3/c1-2-14-9(13)6-3-5(10)4-7(11)8(6)12/h3-4,12H,2H2,1H3. The molecule has 0 atom stereocenters. The number of rotatable bonds is 2. The second kappa shape index (κ2) is 4.28. The molecule has 14 heavy (non-hydrogen) atoms. The smallest absolute Gasteiger partial charge is 0.342 e. The van der Waals surface area contributed by atoms with Crippen LogP contribution in [0.15, 0.2) is 12.1 Å². The Labute approximate surface area is 85.1 Å². The fourth-order valence-corrected chi connectivity index (χ4v) is 1.14. The minimum Gasteiger partial charge on any atom is -0.504 e. The summed E-state index contributed by atoms with van der Waals surface area (Å²) in [5, 5.41) is 9.22. The molecule has 0 saturated carbocycles. The van der Waals surface area contributed by atoms with Crippen molar-refractivity contribution in [2.24, 2.45) is 0 Å². The van der Waals surface area contributed by atoms with E-state index in [9.17, 15) is 14.3 Å². The van der Waals surface area contributed by atoms with Crippen molar-refractivity contribution in [1.82, 2.24) is 0 Å². The van der Waals surface area contributed by atoms with Gasteiger partial charge in [-0.3, -0.25) is 0 Å². The van der Waals surface area contributed by atoms with Gasteiger partial charge in [0.1, 0.15) is 5.56 Å². The monoisotopic (exact) mass is 218 g/mol. The molecule has 0 amide bonds. The van der Waals surface area contributed by atoms with Gasteiger partial charge in [-0.2, -0.15) is 0 Å². The third-order valence-corrected chi connectivity index (χ3v) is 1.74. The fourth-order valence-electron chi connectivity index (χ4n) is 0.930. The molecule has 1 rings (SSSR count). The Morgan fingerprint density at radius 1 is 1.64 bits per heavy atom. The summed E-state index contributed by atoms with van der Waals surface area (Å²) in [6, 6.07) is 2.07. The predicted octanol–water partition coefficient (Wildman–Crippen LogP) is 2.36. The Kier molecular flexibility index (Phi) is 3.30. The van der Waals surface area contributed by atoms with E-state index in [0.717, 1.165) is 12.1 Å². The molecule has 0 fully saturated rings. The van der Waals surface area contributed by atoms with E-state index in [0.29, 0.717) is 0 Å². The molecule has 5 heteroatoms. The summed E-state index contributed by atoms with van der Waals surface area (Å²) in [6.07, 6.45) is 0. The fraction of sp³-hybridized carbons (Fsp3) is 0.222. The van der Waals surface area contributed by atoms with Crippen LogP contribution in [-0.4, -0.2) is 17.7 Å². The Morgan fingerprint density at radius 2 is 2.29 bits per heavy atom. The first-order chi connectivity index (χ1) is 6.56. The molecular formula is C9H8ClFO3. The maximum Gasteiger partial charge on any atom is 0.342 e. The van der Waals surface area contributed by atoms with Crippen LogP contribution in [-0.2, 0) is 4.74 Å². The quantitative estimate of drug-likeness (QED) is 0.776. The molecule has 0 heterocycles. The van der Waals surface area contributed by atoms with Crippen molar-refractivity contribution in [1.29, 1.82) is 0 Å². The number of aromatic hydroxyl groups is 1. The van der Waals surface area contributed by atoms with Gasteiger partial charge in [0.15, 0.2) is 11.6 Å². The van der Waals surface area contributed by atoms with E-state index in [1.54, 1.807) is 6.92 Å². The number of benzene rings is 1. The van der Waals surface area contributed by atoms with E-state index in [1.807, 2.05) is 0 Å². The lowest BCUT2D eigenvalue weighted by molar-refractivity contribution is 0.0522. The van der Waals surface area contributed by atoms with Crippen LogP contribution in [0.25, 0.3) is 0 Å². The first-order valence-corrected chi connectivity index (χ1v) is 4.29. The minimum absolute atomic E-state index is 0.0309. The molecule has 0 bridgehead atoms. The van der Waals surface area contributed by atoms with E-state index in [-0.39, 0.29) is 17.2 Å². The van der Waals surface area contributed by atoms with Crippen molar-refractivity contribution in [3.8, 4) is 5.75 Å². The summed E-state index contributed by atoms with van der Waals surface area (Å²) in [5.74, 6) is -2.49. The summed E-state index contributed by atoms with van der Waals surface area (Å²) in [6.45, 7) is 1.75. The predicted molar refractivity (Wildman–Crippen MR) is 49.0 cm³/mol. The topological polar surface area (TPSA) is 46.5 Å². The average molecular weight is 219 g/mol. The van der Waals surface area contributed by atoms with Gasteiger partial charge in [-0.1, -0.05) is 11.6 Å². The third-order valence-electron chi connectivity index (χ3n) is 1.52. The van der Waals surface area contributed by atoms with Gasteiger partial charge in [-0.05, 0) is 19.1 Å². The second-order valence-electron chi connectivity index (χ2n) is 2.50. The Hall–Kier alpha value is -1.29. The summed E-state index contributed by atoms with van der Waals surface area (Å²) in [7, 11) is 0. The molecule has 0 spiro atoms. The van der Waals surface area contributed by atoms with Crippen LogP contribution in [0.5, 0.6) is 5.75 Å². The lowest BCUT2D eigenvalue weighted by Gasteiger charge is -2.05. The zero-order valence-electron chi connectivity index (χ0n) is 7.38. The molecule has 0 saturated heterocycles. The van der Waals surface area contributed by atoms with Gasteiger partial charge < -0.3 is 9.84 Å². The van der Waals surface area contributed by atoms with Crippen LogP contribution in [0, 0.1) is 5.82 Å². The largest absolute Gasteiger partial charge is 0.504 e. The van der Waals surface area contributed by atoms with Crippen LogP contribution in [0.3, 0.4) is 0 Å². The van der Waals surface area contributed by atoms with Crippen LogP contribution in [0.4, 0.5) is 4.39 Å². The third kappa shape index (κ3) is 2.14. The molecule has 0 radical (unpaired) electrons. The lowest BCUT2D eigenvalue weighted by atomic mass is 10.2. The van der Waals surface area contributed by atoms with Gasteiger partial charge in [-0.25, -0.2) is 9.18 Å². The number of carbonyl (C=O) groups excluding carboxylic acids is 1. The van der Waals surface area contributed by atoms with Gasteiger partial charge in [0.25, 0.3) is 0 Å². The number of hydrogen-bond donors (Lipinski definition) is 1. The Balaban J connectivity index is 3.13. The van der Waals surface area contributed by atoms with Gasteiger partial charge in [0, 0.05) is 5.02 Å². The van der Waals surface area contributed by atoms with Crippen LogP contribution in [0.1, 0.15) is 17.3 Å². The van der Waals surface area contributed by atoms with Crippen molar-refractivity contribution in [3.63, 3.8) is 0 Å². The van der Waals surface area contributed by atoms with Gasteiger partial charge in [0.05, 0.1) is 6.61 Å². The molecule has 0 aromatic heterocycles. The Bertz CT molecular complexity index is 365. The van der Waals surface area contributed by atoms with Crippen molar-refractivity contribution in [2.75, 3.05) is 6.61 Å². The molecule has 0 aliphatic heterocycles. The Morgan fingerprint density at radius 3 is 2.86 bits per heavy atom. The van der Waals surface area contributed by atoms with Crippen LogP contribution < -0.4 is 0 Å². The molecule has 0 unspecified atom stereocenters. The normalized spacial score (nSPS) is 9.93. The summed E-state index contributed by atoms with van der Waals surface area (Å²) in [5.41, 5.74) is -0.267. The SMILES string of the molecule is CCOC(=O)c1cc(Cl)cc(F)c1O. The van der Waals surface area contributed by atoms with E-state index >= 15 is 0 Å². The van der Waals surface area contributed by atoms with E-state index in [1.165, 1.54) is 0 Å². The average Bonchev–Trinajstić information content (AvgIpc) is 2.11.